The molecule has 1 unspecified atom stereocenters. The first-order valence-corrected chi connectivity index (χ1v) is 6.79. The van der Waals surface area contributed by atoms with E-state index in [-0.39, 0.29) is 5.41 Å². The molecule has 2 aliphatic rings. The smallest absolute Gasteiger partial charge is 0.137 e. The van der Waals surface area contributed by atoms with Crippen molar-refractivity contribution in [2.45, 2.75) is 24.3 Å². The third-order valence-electron chi connectivity index (χ3n) is 4.17. The van der Waals surface area contributed by atoms with Gasteiger partial charge in [0, 0.05) is 6.04 Å². The third-order valence-corrected chi connectivity index (χ3v) is 4.47. The van der Waals surface area contributed by atoms with Gasteiger partial charge in [-0.3, -0.25) is 0 Å². The van der Waals surface area contributed by atoms with Gasteiger partial charge in [-0.05, 0) is 37.1 Å². The van der Waals surface area contributed by atoms with Crippen LogP contribution in [0.5, 0.6) is 5.75 Å². The van der Waals surface area contributed by atoms with Crippen molar-refractivity contribution in [2.75, 3.05) is 26.9 Å². The van der Waals surface area contributed by atoms with Crippen LogP contribution in [0.2, 0.25) is 5.02 Å². The zero-order valence-electron chi connectivity index (χ0n) is 10.5. The van der Waals surface area contributed by atoms with E-state index in [1.807, 2.05) is 12.1 Å². The molecule has 3 rings (SSSR count). The second-order valence-electron chi connectivity index (χ2n) is 5.15. The second-order valence-corrected chi connectivity index (χ2v) is 5.55. The van der Waals surface area contributed by atoms with Gasteiger partial charge in [0.05, 0.1) is 30.8 Å². The molecule has 1 N–H and O–H groups in total. The Bertz CT molecular complexity index is 439. The van der Waals surface area contributed by atoms with Gasteiger partial charge in [-0.1, -0.05) is 17.7 Å². The quantitative estimate of drug-likeness (QED) is 0.912. The third kappa shape index (κ3) is 1.81. The summed E-state index contributed by atoms with van der Waals surface area (Å²) in [6, 6.07) is 6.61. The number of hydrogen-bond donors (Lipinski definition) is 1. The Labute approximate surface area is 112 Å². The van der Waals surface area contributed by atoms with Gasteiger partial charge in [-0.15, -0.1) is 0 Å². The van der Waals surface area contributed by atoms with Crippen molar-refractivity contribution in [3.8, 4) is 5.75 Å². The molecule has 3 nitrogen and oxygen atoms in total. The lowest BCUT2D eigenvalue weighted by molar-refractivity contribution is -0.0760. The summed E-state index contributed by atoms with van der Waals surface area (Å²) < 4.78 is 10.7. The van der Waals surface area contributed by atoms with Crippen LogP contribution in [0.4, 0.5) is 0 Å². The minimum Gasteiger partial charge on any atom is -0.495 e. The molecule has 18 heavy (non-hydrogen) atoms. The Hall–Kier alpha value is -0.770. The molecule has 1 atom stereocenters. The molecule has 0 aliphatic carbocycles. The normalized spacial score (nSPS) is 25.8. The number of rotatable bonds is 3. The molecule has 0 radical (unpaired) electrons. The average molecular weight is 268 g/mol. The summed E-state index contributed by atoms with van der Waals surface area (Å²) in [5.74, 6) is 0.732. The van der Waals surface area contributed by atoms with Crippen LogP contribution in [0.1, 0.15) is 18.4 Å². The fourth-order valence-electron chi connectivity index (χ4n) is 3.02. The van der Waals surface area contributed by atoms with Crippen molar-refractivity contribution >= 4 is 11.6 Å². The first-order valence-electron chi connectivity index (χ1n) is 6.41. The summed E-state index contributed by atoms with van der Waals surface area (Å²) in [5.41, 5.74) is 1.37. The lowest BCUT2D eigenvalue weighted by atomic mass is 9.72. The molecule has 0 aromatic heterocycles. The highest BCUT2D eigenvalue weighted by molar-refractivity contribution is 6.32. The summed E-state index contributed by atoms with van der Waals surface area (Å²) >= 11 is 6.24. The summed E-state index contributed by atoms with van der Waals surface area (Å²) in [6.45, 7) is 2.68. The van der Waals surface area contributed by atoms with E-state index in [0.29, 0.717) is 11.1 Å². The molecule has 0 spiro atoms. The molecule has 0 bridgehead atoms. The largest absolute Gasteiger partial charge is 0.495 e. The van der Waals surface area contributed by atoms with Gasteiger partial charge >= 0.3 is 0 Å². The van der Waals surface area contributed by atoms with E-state index in [0.717, 1.165) is 25.5 Å². The van der Waals surface area contributed by atoms with E-state index < -0.39 is 0 Å². The zero-order chi connectivity index (χ0) is 12.6. The lowest BCUT2D eigenvalue weighted by Crippen LogP contribution is -2.58. The number of ether oxygens (including phenoxy) is 2. The molecule has 98 valence electrons. The number of methoxy groups -OCH3 is 1. The Balaban J connectivity index is 1.93. The molecule has 1 aromatic rings. The zero-order valence-corrected chi connectivity index (χ0v) is 11.3. The average Bonchev–Trinajstić information content (AvgIpc) is 2.82. The molecule has 2 fully saturated rings. The minimum atomic E-state index is 0.104. The topological polar surface area (TPSA) is 30.5 Å². The van der Waals surface area contributed by atoms with Crippen molar-refractivity contribution in [2.24, 2.45) is 0 Å². The molecule has 2 aliphatic heterocycles. The van der Waals surface area contributed by atoms with Gasteiger partial charge in [0.1, 0.15) is 5.75 Å². The lowest BCUT2D eigenvalue weighted by Gasteiger charge is -2.46. The fourth-order valence-corrected chi connectivity index (χ4v) is 3.28. The van der Waals surface area contributed by atoms with E-state index >= 15 is 0 Å². The van der Waals surface area contributed by atoms with Gasteiger partial charge in [-0.25, -0.2) is 0 Å². The van der Waals surface area contributed by atoms with Crippen molar-refractivity contribution < 1.29 is 9.47 Å². The van der Waals surface area contributed by atoms with Crippen molar-refractivity contribution in [1.82, 2.24) is 5.32 Å². The van der Waals surface area contributed by atoms with Gasteiger partial charge in [0.25, 0.3) is 0 Å². The van der Waals surface area contributed by atoms with Crippen LogP contribution < -0.4 is 10.1 Å². The monoisotopic (exact) mass is 267 g/mol. The van der Waals surface area contributed by atoms with E-state index in [2.05, 4.69) is 11.4 Å². The summed E-state index contributed by atoms with van der Waals surface area (Å²) in [6.07, 6.45) is 2.46. The van der Waals surface area contributed by atoms with E-state index in [9.17, 15) is 0 Å². The van der Waals surface area contributed by atoms with Gasteiger partial charge < -0.3 is 14.8 Å². The molecular formula is C14H18ClNO2. The SMILES string of the molecule is COc1ccc(C2(C3CCCN3)COC2)cc1Cl. The molecular weight excluding hydrogens is 250 g/mol. The van der Waals surface area contributed by atoms with E-state index in [1.165, 1.54) is 18.4 Å². The standard InChI is InChI=1S/C14H18ClNO2/c1-17-12-5-4-10(7-11(12)15)14(8-18-9-14)13-3-2-6-16-13/h4-5,7,13,16H,2-3,6,8-9H2,1H3. The molecule has 1 aromatic carbocycles. The Morgan fingerprint density at radius 1 is 1.44 bits per heavy atom. The Kier molecular flexibility index (Phi) is 3.22. The second kappa shape index (κ2) is 4.72. The van der Waals surface area contributed by atoms with Gasteiger partial charge in [0.15, 0.2) is 0 Å². The van der Waals surface area contributed by atoms with Crippen molar-refractivity contribution in [3.05, 3.63) is 28.8 Å². The number of halogens is 1. The number of hydrogen-bond acceptors (Lipinski definition) is 3. The summed E-state index contributed by atoms with van der Waals surface area (Å²) in [5, 5.41) is 4.27. The predicted molar refractivity (Wildman–Crippen MR) is 71.5 cm³/mol. The van der Waals surface area contributed by atoms with Crippen LogP contribution in [0.25, 0.3) is 0 Å². The highest BCUT2D eigenvalue weighted by atomic mass is 35.5. The maximum atomic E-state index is 6.24. The van der Waals surface area contributed by atoms with Crippen LogP contribution in [0.3, 0.4) is 0 Å². The maximum Gasteiger partial charge on any atom is 0.137 e. The molecule has 0 saturated carbocycles. The van der Waals surface area contributed by atoms with Crippen LogP contribution in [0, 0.1) is 0 Å². The molecule has 0 amide bonds. The fraction of sp³-hybridized carbons (Fsp3) is 0.571. The minimum absolute atomic E-state index is 0.104. The first-order chi connectivity index (χ1) is 8.76. The predicted octanol–water partition coefficient (Wildman–Crippen LogP) is 2.37. The van der Waals surface area contributed by atoms with Crippen LogP contribution in [-0.4, -0.2) is 32.9 Å². The molecule has 2 saturated heterocycles. The Morgan fingerprint density at radius 2 is 2.28 bits per heavy atom. The molecule has 2 heterocycles. The Morgan fingerprint density at radius 3 is 2.78 bits per heavy atom. The number of nitrogens with one attached hydrogen (secondary N) is 1. The summed E-state index contributed by atoms with van der Waals surface area (Å²) in [7, 11) is 1.64. The summed E-state index contributed by atoms with van der Waals surface area (Å²) in [4.78, 5) is 0. The van der Waals surface area contributed by atoms with E-state index in [1.54, 1.807) is 7.11 Å². The van der Waals surface area contributed by atoms with Crippen LogP contribution in [-0.2, 0) is 10.2 Å². The van der Waals surface area contributed by atoms with Gasteiger partial charge in [0.2, 0.25) is 0 Å². The van der Waals surface area contributed by atoms with Crippen LogP contribution in [0.15, 0.2) is 18.2 Å². The van der Waals surface area contributed by atoms with Crippen molar-refractivity contribution in [3.63, 3.8) is 0 Å². The van der Waals surface area contributed by atoms with Crippen LogP contribution >= 0.6 is 11.6 Å². The maximum absolute atomic E-state index is 6.24. The van der Waals surface area contributed by atoms with E-state index in [4.69, 9.17) is 21.1 Å². The van der Waals surface area contributed by atoms with Gasteiger partial charge in [-0.2, -0.15) is 0 Å². The highest BCUT2D eigenvalue weighted by Gasteiger charge is 2.48. The first kappa shape index (κ1) is 12.3. The highest BCUT2D eigenvalue weighted by Crippen LogP contribution is 2.41. The molecule has 4 heteroatoms. The number of benzene rings is 1. The van der Waals surface area contributed by atoms with Crippen molar-refractivity contribution in [1.29, 1.82) is 0 Å².